The molecule has 0 unspecified atom stereocenters. The van der Waals surface area contributed by atoms with Gasteiger partial charge in [0.25, 0.3) is 0 Å². The number of aliphatic hydroxyl groups is 2. The summed E-state index contributed by atoms with van der Waals surface area (Å²) in [5, 5.41) is 19.1. The number of rotatable bonds is 10. The van der Waals surface area contributed by atoms with Gasteiger partial charge in [0.1, 0.15) is 18.1 Å². The quantitative estimate of drug-likeness (QED) is 0.417. The van der Waals surface area contributed by atoms with Crippen LogP contribution in [0, 0.1) is 11.8 Å². The smallest absolute Gasteiger partial charge is 0.351 e. The van der Waals surface area contributed by atoms with E-state index in [0.29, 0.717) is 5.56 Å². The molecule has 0 aromatic carbocycles. The van der Waals surface area contributed by atoms with E-state index in [1.54, 1.807) is 0 Å². The molecule has 7 heteroatoms. The maximum atomic E-state index is 12.1. The van der Waals surface area contributed by atoms with Gasteiger partial charge in [0.05, 0.1) is 18.3 Å². The summed E-state index contributed by atoms with van der Waals surface area (Å²) in [4.78, 5) is 15.9. The topological polar surface area (TPSA) is 111 Å². The van der Waals surface area contributed by atoms with E-state index in [1.807, 2.05) is 0 Å². The first-order chi connectivity index (χ1) is 13.6. The maximum absolute atomic E-state index is 12.1. The van der Waals surface area contributed by atoms with Gasteiger partial charge in [-0.15, -0.1) is 0 Å². The summed E-state index contributed by atoms with van der Waals surface area (Å²) in [5.74, 6) is 6.20. The SMILES string of the molecule is CCCCCCCCCCC#Cc1cn([C@H]2C[C@H](O)[C@@H](CO)O2)c(=O)nc1N. The highest BCUT2D eigenvalue weighted by molar-refractivity contribution is 5.48. The normalized spacial score (nSPS) is 21.5. The molecule has 0 amide bonds. The lowest BCUT2D eigenvalue weighted by Crippen LogP contribution is -2.28. The number of hydrogen-bond acceptors (Lipinski definition) is 6. The van der Waals surface area contributed by atoms with Crippen molar-refractivity contribution in [3.63, 3.8) is 0 Å². The van der Waals surface area contributed by atoms with Crippen molar-refractivity contribution >= 4 is 5.82 Å². The van der Waals surface area contributed by atoms with Crippen molar-refractivity contribution in [2.24, 2.45) is 0 Å². The predicted octanol–water partition coefficient (Wildman–Crippen LogP) is 2.35. The third-order valence-electron chi connectivity index (χ3n) is 5.05. The van der Waals surface area contributed by atoms with Gasteiger partial charge in [0.2, 0.25) is 0 Å². The summed E-state index contributed by atoms with van der Waals surface area (Å²) in [6.07, 6.45) is 10.3. The fourth-order valence-electron chi connectivity index (χ4n) is 3.34. The van der Waals surface area contributed by atoms with Gasteiger partial charge in [0, 0.05) is 19.0 Å². The van der Waals surface area contributed by atoms with Gasteiger partial charge in [-0.3, -0.25) is 4.57 Å². The maximum Gasteiger partial charge on any atom is 0.351 e. The summed E-state index contributed by atoms with van der Waals surface area (Å²) < 4.78 is 6.81. The molecule has 0 bridgehead atoms. The molecule has 28 heavy (non-hydrogen) atoms. The Morgan fingerprint density at radius 2 is 1.93 bits per heavy atom. The molecule has 0 spiro atoms. The zero-order chi connectivity index (χ0) is 20.4. The van der Waals surface area contributed by atoms with E-state index in [2.05, 4.69) is 23.7 Å². The number of nitrogens with two attached hydrogens (primary N) is 1. The zero-order valence-electron chi connectivity index (χ0n) is 16.8. The van der Waals surface area contributed by atoms with Gasteiger partial charge >= 0.3 is 5.69 Å². The molecular formula is C21H33N3O4. The lowest BCUT2D eigenvalue weighted by molar-refractivity contribution is -0.0458. The Morgan fingerprint density at radius 3 is 2.57 bits per heavy atom. The monoisotopic (exact) mass is 391 g/mol. The molecule has 156 valence electrons. The molecule has 2 rings (SSSR count). The highest BCUT2D eigenvalue weighted by Gasteiger charge is 2.35. The van der Waals surface area contributed by atoms with Crippen LogP contribution in [0.1, 0.15) is 82.9 Å². The minimum absolute atomic E-state index is 0.0990. The van der Waals surface area contributed by atoms with Crippen molar-refractivity contribution in [1.82, 2.24) is 9.55 Å². The zero-order valence-corrected chi connectivity index (χ0v) is 16.8. The second kappa shape index (κ2) is 11.8. The van der Waals surface area contributed by atoms with Crippen molar-refractivity contribution in [2.75, 3.05) is 12.3 Å². The Kier molecular flexibility index (Phi) is 9.48. The summed E-state index contributed by atoms with van der Waals surface area (Å²) >= 11 is 0. The van der Waals surface area contributed by atoms with Crippen LogP contribution >= 0.6 is 0 Å². The number of unbranched alkanes of at least 4 members (excludes halogenated alkanes) is 8. The van der Waals surface area contributed by atoms with Crippen LogP contribution in [0.3, 0.4) is 0 Å². The summed E-state index contributed by atoms with van der Waals surface area (Å²) in [7, 11) is 0. The van der Waals surface area contributed by atoms with Crippen molar-refractivity contribution in [3.05, 3.63) is 22.2 Å². The molecule has 4 N–H and O–H groups in total. The van der Waals surface area contributed by atoms with E-state index in [9.17, 15) is 15.0 Å². The molecule has 1 aliphatic heterocycles. The van der Waals surface area contributed by atoms with Gasteiger partial charge in [0.15, 0.2) is 0 Å². The number of aliphatic hydroxyl groups excluding tert-OH is 2. The molecule has 0 radical (unpaired) electrons. The van der Waals surface area contributed by atoms with E-state index in [4.69, 9.17) is 10.5 Å². The average molecular weight is 392 g/mol. The number of hydrogen-bond donors (Lipinski definition) is 3. The lowest BCUT2D eigenvalue weighted by atomic mass is 10.1. The molecule has 1 saturated heterocycles. The Morgan fingerprint density at radius 1 is 1.25 bits per heavy atom. The van der Waals surface area contributed by atoms with Crippen molar-refractivity contribution in [1.29, 1.82) is 0 Å². The average Bonchev–Trinajstić information content (AvgIpc) is 3.05. The molecule has 1 aromatic heterocycles. The van der Waals surface area contributed by atoms with Gasteiger partial charge < -0.3 is 20.7 Å². The molecule has 0 saturated carbocycles. The Bertz CT molecular complexity index is 723. The van der Waals surface area contributed by atoms with Crippen molar-refractivity contribution in [2.45, 2.75) is 89.6 Å². The van der Waals surface area contributed by atoms with Crippen LogP contribution in [0.4, 0.5) is 5.82 Å². The minimum atomic E-state index is -0.823. The van der Waals surface area contributed by atoms with E-state index in [1.165, 1.54) is 55.7 Å². The fourth-order valence-corrected chi connectivity index (χ4v) is 3.34. The minimum Gasteiger partial charge on any atom is -0.394 e. The molecule has 3 atom stereocenters. The number of ether oxygens (including phenoxy) is 1. The first kappa shape index (κ1) is 22.4. The van der Waals surface area contributed by atoms with E-state index >= 15 is 0 Å². The highest BCUT2D eigenvalue weighted by atomic mass is 16.5. The van der Waals surface area contributed by atoms with Crippen LogP contribution < -0.4 is 11.4 Å². The fraction of sp³-hybridized carbons (Fsp3) is 0.714. The van der Waals surface area contributed by atoms with Crippen LogP contribution in [0.25, 0.3) is 0 Å². The van der Waals surface area contributed by atoms with E-state index in [-0.39, 0.29) is 18.8 Å². The van der Waals surface area contributed by atoms with Gasteiger partial charge in [-0.05, 0) is 6.42 Å². The second-order valence-electron chi connectivity index (χ2n) is 7.37. The second-order valence-corrected chi connectivity index (χ2v) is 7.37. The first-order valence-corrected chi connectivity index (χ1v) is 10.4. The molecule has 1 fully saturated rings. The van der Waals surface area contributed by atoms with E-state index in [0.717, 1.165) is 12.8 Å². The Balaban J connectivity index is 1.86. The van der Waals surface area contributed by atoms with Gasteiger partial charge in [-0.2, -0.15) is 4.98 Å². The molecule has 0 aliphatic carbocycles. The number of nitrogen functional groups attached to an aromatic ring is 1. The van der Waals surface area contributed by atoms with Crippen LogP contribution in [-0.2, 0) is 4.74 Å². The van der Waals surface area contributed by atoms with E-state index < -0.39 is 24.1 Å². The molecule has 7 nitrogen and oxygen atoms in total. The summed E-state index contributed by atoms with van der Waals surface area (Å²) in [5.41, 5.74) is 5.76. The summed E-state index contributed by atoms with van der Waals surface area (Å²) in [6, 6.07) is 0. The molecule has 2 heterocycles. The lowest BCUT2D eigenvalue weighted by Gasteiger charge is -2.14. The van der Waals surface area contributed by atoms with Crippen molar-refractivity contribution < 1.29 is 14.9 Å². The third kappa shape index (κ3) is 6.62. The molecular weight excluding hydrogens is 358 g/mol. The number of nitrogens with zero attached hydrogens (tertiary/aromatic N) is 2. The predicted molar refractivity (Wildman–Crippen MR) is 109 cm³/mol. The van der Waals surface area contributed by atoms with Crippen LogP contribution in [0.15, 0.2) is 11.0 Å². The van der Waals surface area contributed by atoms with Crippen LogP contribution in [0.5, 0.6) is 0 Å². The largest absolute Gasteiger partial charge is 0.394 e. The van der Waals surface area contributed by atoms with Gasteiger partial charge in [-0.1, -0.05) is 63.7 Å². The molecule has 1 aliphatic rings. The van der Waals surface area contributed by atoms with Crippen molar-refractivity contribution in [3.8, 4) is 11.8 Å². The van der Waals surface area contributed by atoms with Crippen LogP contribution in [0.2, 0.25) is 0 Å². The number of aromatic nitrogens is 2. The first-order valence-electron chi connectivity index (χ1n) is 10.4. The third-order valence-corrected chi connectivity index (χ3v) is 5.05. The Labute approximate surface area is 166 Å². The standard InChI is InChI=1S/C21H33N3O4/c1-2-3-4-5-6-7-8-9-10-11-12-16-14-24(21(27)23-20(16)22)19-13-17(26)18(15-25)28-19/h14,17-19,25-26H,2-10,13,15H2,1H3,(H2,22,23,27)/t17-,18+,19+/m0/s1. The van der Waals surface area contributed by atoms with Gasteiger partial charge in [-0.25, -0.2) is 4.79 Å². The number of anilines is 1. The Hall–Kier alpha value is -1.88. The summed E-state index contributed by atoms with van der Waals surface area (Å²) in [6.45, 7) is 1.92. The van der Waals surface area contributed by atoms with Crippen LogP contribution in [-0.4, -0.2) is 38.6 Å². The highest BCUT2D eigenvalue weighted by Crippen LogP contribution is 2.27. The molecule has 1 aromatic rings.